The van der Waals surface area contributed by atoms with Crippen LogP contribution in [0.4, 0.5) is 17.6 Å². The Labute approximate surface area is 292 Å². The lowest BCUT2D eigenvalue weighted by atomic mass is 9.55. The maximum absolute atomic E-state index is 16.2. The highest BCUT2D eigenvalue weighted by Gasteiger charge is 2.61. The third kappa shape index (κ3) is 4.80. The van der Waals surface area contributed by atoms with Crippen molar-refractivity contribution in [3.63, 3.8) is 0 Å². The zero-order chi connectivity index (χ0) is 35.8. The molecule has 0 amide bonds. The van der Waals surface area contributed by atoms with Crippen molar-refractivity contribution in [1.29, 1.82) is 0 Å². The zero-order valence-electron chi connectivity index (χ0n) is 30.3. The Hall–Kier alpha value is -4.07. The number of aryl methyl sites for hydroxylation is 3. The van der Waals surface area contributed by atoms with Crippen molar-refractivity contribution in [2.24, 2.45) is 7.05 Å². The van der Waals surface area contributed by atoms with E-state index < -0.39 is 22.8 Å². The molecule has 7 rings (SSSR count). The van der Waals surface area contributed by atoms with Crippen LogP contribution in [0.15, 0.2) is 67.0 Å². The largest absolute Gasteiger partial charge is 0.435 e. The first-order valence-corrected chi connectivity index (χ1v) is 18.2. The minimum absolute atomic E-state index is 0.179. The fraction of sp³-hybridized carbons (Fsp3) is 0.452. The van der Waals surface area contributed by atoms with E-state index in [2.05, 4.69) is 75.6 Å². The summed E-state index contributed by atoms with van der Waals surface area (Å²) in [5.41, 5.74) is 5.37. The van der Waals surface area contributed by atoms with Gasteiger partial charge in [-0.25, -0.2) is 4.39 Å². The zero-order valence-corrected chi connectivity index (χ0v) is 30.3. The average molecular weight is 685 g/mol. The maximum Gasteiger partial charge on any atom is 0.435 e. The van der Waals surface area contributed by atoms with Gasteiger partial charge in [-0.2, -0.15) is 27.4 Å². The molecule has 0 bridgehead atoms. The van der Waals surface area contributed by atoms with Gasteiger partial charge in [0.1, 0.15) is 18.6 Å². The Balaban J connectivity index is 1.42. The molecule has 2 atom stereocenters. The van der Waals surface area contributed by atoms with Gasteiger partial charge >= 0.3 is 6.18 Å². The fourth-order valence-electron chi connectivity index (χ4n) is 9.60. The van der Waals surface area contributed by atoms with Crippen LogP contribution in [-0.4, -0.2) is 9.78 Å². The van der Waals surface area contributed by atoms with Gasteiger partial charge in [-0.05, 0) is 66.8 Å². The van der Waals surface area contributed by atoms with Crippen LogP contribution in [0.5, 0.6) is 0 Å². The predicted octanol–water partition coefficient (Wildman–Crippen LogP) is 9.89. The van der Waals surface area contributed by atoms with Crippen LogP contribution in [0.25, 0.3) is 33.4 Å². The van der Waals surface area contributed by atoms with Gasteiger partial charge in [0.05, 0.1) is 16.4 Å². The second-order valence-corrected chi connectivity index (χ2v) is 15.2. The summed E-state index contributed by atoms with van der Waals surface area (Å²) >= 11 is 0. The van der Waals surface area contributed by atoms with Crippen LogP contribution in [0, 0.1) is 5.82 Å². The maximum atomic E-state index is 16.2. The quantitative estimate of drug-likeness (QED) is 0.106. The van der Waals surface area contributed by atoms with Crippen molar-refractivity contribution < 1.29 is 26.7 Å². The summed E-state index contributed by atoms with van der Waals surface area (Å²) < 4.78 is 64.1. The van der Waals surface area contributed by atoms with E-state index in [4.69, 9.17) is 0 Å². The van der Waals surface area contributed by atoms with Gasteiger partial charge in [-0.15, -0.1) is 0 Å². The van der Waals surface area contributed by atoms with Gasteiger partial charge in [-0.1, -0.05) is 59.2 Å². The van der Waals surface area contributed by atoms with E-state index in [-0.39, 0.29) is 11.2 Å². The summed E-state index contributed by atoms with van der Waals surface area (Å²) in [5, 5.41) is 6.56. The van der Waals surface area contributed by atoms with E-state index in [1.165, 1.54) is 26.6 Å². The number of pyridine rings is 2. The number of halogens is 4. The van der Waals surface area contributed by atoms with Crippen molar-refractivity contribution in [2.45, 2.75) is 116 Å². The van der Waals surface area contributed by atoms with E-state index in [9.17, 15) is 13.2 Å². The SMILES string of the molecule is CCCCc1ccc2c3c4[n+](ccc13)C(CC)(CCCn1nc(C(F)(F)F)cc1-c1cccc[n+]1C)C(C)(CC)c1ccc(F)c(c1-4)C2(C)C. The summed E-state index contributed by atoms with van der Waals surface area (Å²) in [4.78, 5) is 0. The Morgan fingerprint density at radius 1 is 0.880 bits per heavy atom. The lowest BCUT2D eigenvalue weighted by molar-refractivity contribution is -0.769. The third-order valence-corrected chi connectivity index (χ3v) is 12.4. The highest BCUT2D eigenvalue weighted by molar-refractivity contribution is 6.02. The first-order valence-electron chi connectivity index (χ1n) is 18.2. The van der Waals surface area contributed by atoms with Crippen LogP contribution < -0.4 is 9.13 Å². The Morgan fingerprint density at radius 2 is 1.64 bits per heavy atom. The van der Waals surface area contributed by atoms with Crippen molar-refractivity contribution in [1.82, 2.24) is 9.78 Å². The summed E-state index contributed by atoms with van der Waals surface area (Å²) in [6.07, 6.45) is 5.63. The Kier molecular flexibility index (Phi) is 8.27. The van der Waals surface area contributed by atoms with E-state index in [0.29, 0.717) is 30.8 Å². The highest BCUT2D eigenvalue weighted by Crippen LogP contribution is 2.59. The molecule has 1 aliphatic carbocycles. The van der Waals surface area contributed by atoms with Gasteiger partial charge in [0.25, 0.3) is 0 Å². The number of aromatic nitrogens is 4. The van der Waals surface area contributed by atoms with Crippen molar-refractivity contribution >= 4 is 10.8 Å². The number of alkyl halides is 3. The lowest BCUT2D eigenvalue weighted by Crippen LogP contribution is -2.69. The van der Waals surface area contributed by atoms with E-state index in [1.54, 1.807) is 6.07 Å². The Bertz CT molecular complexity index is 2130. The molecule has 0 radical (unpaired) electrons. The molecule has 0 N–H and O–H groups in total. The van der Waals surface area contributed by atoms with Crippen LogP contribution in [0.2, 0.25) is 0 Å². The Morgan fingerprint density at radius 3 is 2.32 bits per heavy atom. The lowest BCUT2D eigenvalue weighted by Gasteiger charge is -2.50. The summed E-state index contributed by atoms with van der Waals surface area (Å²) in [6, 6.07) is 17.1. The van der Waals surface area contributed by atoms with E-state index >= 15 is 4.39 Å². The molecule has 50 heavy (non-hydrogen) atoms. The number of hydrogen-bond donors (Lipinski definition) is 0. The van der Waals surface area contributed by atoms with E-state index in [0.717, 1.165) is 60.6 Å². The second kappa shape index (κ2) is 12.0. The first kappa shape index (κ1) is 34.4. The van der Waals surface area contributed by atoms with Crippen molar-refractivity contribution in [3.8, 4) is 22.6 Å². The molecule has 2 aliphatic rings. The minimum Gasteiger partial charge on any atom is -0.258 e. The minimum atomic E-state index is -4.55. The number of benzene rings is 2. The summed E-state index contributed by atoms with van der Waals surface area (Å²) in [6.45, 7) is 13.6. The number of unbranched alkanes of at least 4 members (excludes halogenated alkanes) is 1. The molecular formula is C42H48F4N4+2. The number of rotatable bonds is 10. The second-order valence-electron chi connectivity index (χ2n) is 15.2. The molecule has 3 aromatic heterocycles. The molecule has 4 nitrogen and oxygen atoms in total. The predicted molar refractivity (Wildman–Crippen MR) is 189 cm³/mol. The molecule has 0 saturated carbocycles. The van der Waals surface area contributed by atoms with E-state index in [1.807, 2.05) is 42.1 Å². The topological polar surface area (TPSA) is 25.6 Å². The van der Waals surface area contributed by atoms with Crippen LogP contribution in [0.3, 0.4) is 0 Å². The van der Waals surface area contributed by atoms with Gasteiger partial charge in [0.2, 0.25) is 11.4 Å². The molecule has 0 spiro atoms. The molecular weight excluding hydrogens is 636 g/mol. The standard InChI is InChI=1S/C42H48F4N4/c1-8-11-15-27-17-18-29-35-28(27)21-25-49-38(35)36-30(19-20-31(43)37(36)39(29,4)5)40(6,9-2)41(49,10-3)22-14-24-50-33(26-34(47-50)42(44,45)46)32-16-12-13-23-48(32)7/h12-13,16-21,23,25-26H,8-11,14-15,22,24H2,1-7H3/q+2. The summed E-state index contributed by atoms with van der Waals surface area (Å²) in [5.74, 6) is -0.179. The highest BCUT2D eigenvalue weighted by atomic mass is 19.4. The van der Waals surface area contributed by atoms with Crippen molar-refractivity contribution in [2.75, 3.05) is 0 Å². The first-order chi connectivity index (χ1) is 23.7. The average Bonchev–Trinajstić information content (AvgIpc) is 3.52. The molecule has 0 fully saturated rings. The van der Waals surface area contributed by atoms with Crippen molar-refractivity contribution in [3.05, 3.63) is 101 Å². The normalized spacial score (nSPS) is 20.5. The van der Waals surface area contributed by atoms with Gasteiger partial charge in [-0.3, -0.25) is 4.68 Å². The van der Waals surface area contributed by atoms with Crippen LogP contribution in [0.1, 0.15) is 108 Å². The van der Waals surface area contributed by atoms with Gasteiger partial charge < -0.3 is 0 Å². The van der Waals surface area contributed by atoms with Crippen LogP contribution >= 0.6 is 0 Å². The molecule has 0 saturated heterocycles. The smallest absolute Gasteiger partial charge is 0.258 e. The fourth-order valence-corrected chi connectivity index (χ4v) is 9.60. The molecule has 2 aromatic carbocycles. The molecule has 5 aromatic rings. The molecule has 1 aliphatic heterocycles. The molecule has 4 heterocycles. The van der Waals surface area contributed by atoms with Gasteiger partial charge in [0.15, 0.2) is 23.6 Å². The third-order valence-electron chi connectivity index (χ3n) is 12.4. The number of nitrogens with zero attached hydrogens (tertiary/aromatic N) is 4. The number of hydrogen-bond acceptors (Lipinski definition) is 1. The molecule has 8 heteroatoms. The summed E-state index contributed by atoms with van der Waals surface area (Å²) in [7, 11) is 1.83. The molecule has 2 unspecified atom stereocenters. The molecule has 262 valence electrons. The monoisotopic (exact) mass is 684 g/mol. The van der Waals surface area contributed by atoms with Gasteiger partial charge in [0, 0.05) is 54.6 Å². The van der Waals surface area contributed by atoms with Crippen LogP contribution in [-0.2, 0) is 42.6 Å².